The molecular weight excluding hydrogens is 214 g/mol. The van der Waals surface area contributed by atoms with E-state index in [2.05, 4.69) is 5.32 Å². The van der Waals surface area contributed by atoms with Gasteiger partial charge in [-0.05, 0) is 37.0 Å². The van der Waals surface area contributed by atoms with Gasteiger partial charge in [0.05, 0.1) is 0 Å². The van der Waals surface area contributed by atoms with Crippen molar-refractivity contribution in [1.29, 1.82) is 0 Å². The number of aromatic hydroxyl groups is 1. The van der Waals surface area contributed by atoms with Crippen LogP contribution in [0.3, 0.4) is 0 Å². The maximum atomic E-state index is 12.2. The number of Topliss-reactive ketones (excluding diaryl/α,β-unsaturated/α-hetero) is 1. The average molecular weight is 231 g/mol. The Morgan fingerprint density at radius 2 is 2.06 bits per heavy atom. The second-order valence-corrected chi connectivity index (χ2v) is 5.20. The van der Waals surface area contributed by atoms with Crippen molar-refractivity contribution < 1.29 is 9.90 Å². The van der Waals surface area contributed by atoms with Crippen LogP contribution in [0, 0.1) is 5.92 Å². The lowest BCUT2D eigenvalue weighted by Crippen LogP contribution is -2.29. The monoisotopic (exact) mass is 231 g/mol. The van der Waals surface area contributed by atoms with Crippen molar-refractivity contribution in [2.24, 2.45) is 5.92 Å². The smallest absolute Gasteiger partial charge is 0.141 e. The molecule has 3 nitrogen and oxygen atoms in total. The fraction of sp³-hybridized carbons (Fsp3) is 0.500. The standard InChI is InChI=1S/C14H17NO2/c16-11-4-1-9(2-5-11)7-14(17)12-8-10-3-6-13(12)15-10/h1-2,4-5,10,12-13,15-16H,3,6-8H2. The lowest BCUT2D eigenvalue weighted by atomic mass is 9.84. The molecular formula is C14H17NO2. The normalized spacial score (nSPS) is 30.7. The van der Waals surface area contributed by atoms with Crippen LogP contribution < -0.4 is 5.32 Å². The van der Waals surface area contributed by atoms with Crippen LogP contribution >= 0.6 is 0 Å². The van der Waals surface area contributed by atoms with E-state index < -0.39 is 0 Å². The summed E-state index contributed by atoms with van der Waals surface area (Å²) in [5.41, 5.74) is 0.996. The van der Waals surface area contributed by atoms with Gasteiger partial charge in [-0.1, -0.05) is 12.1 Å². The number of carbonyl (C=O) groups excluding carboxylic acids is 1. The summed E-state index contributed by atoms with van der Waals surface area (Å²) in [5.74, 6) is 0.806. The molecule has 2 aliphatic rings. The summed E-state index contributed by atoms with van der Waals surface area (Å²) < 4.78 is 0. The third-order valence-electron chi connectivity index (χ3n) is 4.03. The van der Waals surface area contributed by atoms with Gasteiger partial charge in [0.25, 0.3) is 0 Å². The fourth-order valence-electron chi connectivity index (χ4n) is 3.13. The average Bonchev–Trinajstić information content (AvgIpc) is 2.94. The Morgan fingerprint density at radius 1 is 1.29 bits per heavy atom. The van der Waals surface area contributed by atoms with Crippen molar-refractivity contribution in [3.05, 3.63) is 29.8 Å². The van der Waals surface area contributed by atoms with Gasteiger partial charge in [-0.3, -0.25) is 4.79 Å². The van der Waals surface area contributed by atoms with E-state index in [1.54, 1.807) is 12.1 Å². The molecule has 2 bridgehead atoms. The Kier molecular flexibility index (Phi) is 2.63. The van der Waals surface area contributed by atoms with Gasteiger partial charge in [0.15, 0.2) is 0 Å². The van der Waals surface area contributed by atoms with Gasteiger partial charge >= 0.3 is 0 Å². The third kappa shape index (κ3) is 2.07. The fourth-order valence-corrected chi connectivity index (χ4v) is 3.13. The summed E-state index contributed by atoms with van der Waals surface area (Å²) in [4.78, 5) is 12.2. The Bertz CT molecular complexity index is 426. The Balaban J connectivity index is 1.65. The number of hydrogen-bond donors (Lipinski definition) is 2. The van der Waals surface area contributed by atoms with E-state index in [1.165, 1.54) is 6.42 Å². The van der Waals surface area contributed by atoms with Crippen LogP contribution in [0.2, 0.25) is 0 Å². The topological polar surface area (TPSA) is 49.3 Å². The number of carbonyl (C=O) groups is 1. The molecule has 3 unspecified atom stereocenters. The number of hydrogen-bond acceptors (Lipinski definition) is 3. The van der Waals surface area contributed by atoms with Gasteiger partial charge in [0, 0.05) is 24.4 Å². The van der Waals surface area contributed by atoms with E-state index in [1.807, 2.05) is 12.1 Å². The van der Waals surface area contributed by atoms with E-state index >= 15 is 0 Å². The summed E-state index contributed by atoms with van der Waals surface area (Å²) in [6.45, 7) is 0. The molecule has 0 aromatic heterocycles. The molecule has 0 aliphatic carbocycles. The molecule has 0 radical (unpaired) electrons. The molecule has 1 aromatic rings. The molecule has 2 heterocycles. The van der Waals surface area contributed by atoms with Crippen molar-refractivity contribution in [1.82, 2.24) is 5.32 Å². The van der Waals surface area contributed by atoms with Crippen molar-refractivity contribution in [2.45, 2.75) is 37.8 Å². The second-order valence-electron chi connectivity index (χ2n) is 5.20. The first kappa shape index (κ1) is 10.8. The number of phenolic OH excluding ortho intramolecular Hbond substituents is 1. The summed E-state index contributed by atoms with van der Waals surface area (Å²) in [6.07, 6.45) is 3.89. The van der Waals surface area contributed by atoms with Gasteiger partial charge in [-0.2, -0.15) is 0 Å². The number of fused-ring (bicyclic) bond motifs is 2. The van der Waals surface area contributed by atoms with E-state index in [-0.39, 0.29) is 11.7 Å². The molecule has 2 fully saturated rings. The van der Waals surface area contributed by atoms with Gasteiger partial charge in [0.1, 0.15) is 11.5 Å². The van der Waals surface area contributed by atoms with E-state index in [0.717, 1.165) is 18.4 Å². The first-order valence-electron chi connectivity index (χ1n) is 6.29. The lowest BCUT2D eigenvalue weighted by molar-refractivity contribution is -0.122. The number of nitrogens with one attached hydrogen (secondary N) is 1. The first-order valence-corrected chi connectivity index (χ1v) is 6.29. The minimum atomic E-state index is 0.211. The van der Waals surface area contributed by atoms with Gasteiger partial charge in [0.2, 0.25) is 0 Å². The van der Waals surface area contributed by atoms with Crippen molar-refractivity contribution in [2.75, 3.05) is 0 Å². The number of rotatable bonds is 3. The van der Waals surface area contributed by atoms with Crippen molar-refractivity contribution in [3.63, 3.8) is 0 Å². The summed E-state index contributed by atoms with van der Waals surface area (Å²) in [6, 6.07) is 7.93. The molecule has 3 atom stereocenters. The molecule has 3 heteroatoms. The molecule has 0 amide bonds. The van der Waals surface area contributed by atoms with Gasteiger partial charge in [-0.25, -0.2) is 0 Å². The number of phenols is 1. The lowest BCUT2D eigenvalue weighted by Gasteiger charge is -2.18. The second kappa shape index (κ2) is 4.15. The van der Waals surface area contributed by atoms with Gasteiger partial charge < -0.3 is 10.4 Å². The minimum absolute atomic E-state index is 0.211. The zero-order valence-corrected chi connectivity index (χ0v) is 9.73. The largest absolute Gasteiger partial charge is 0.508 e. The van der Waals surface area contributed by atoms with E-state index in [0.29, 0.717) is 24.3 Å². The number of benzene rings is 1. The molecule has 2 saturated heterocycles. The SMILES string of the molecule is O=C(Cc1ccc(O)cc1)C1CC2CCC1N2. The molecule has 0 saturated carbocycles. The Hall–Kier alpha value is -1.35. The van der Waals surface area contributed by atoms with Crippen LogP contribution in [0.4, 0.5) is 0 Å². The van der Waals surface area contributed by atoms with E-state index in [4.69, 9.17) is 0 Å². The van der Waals surface area contributed by atoms with Crippen LogP contribution in [-0.2, 0) is 11.2 Å². The van der Waals surface area contributed by atoms with Crippen molar-refractivity contribution >= 4 is 5.78 Å². The maximum absolute atomic E-state index is 12.2. The maximum Gasteiger partial charge on any atom is 0.141 e. The third-order valence-corrected chi connectivity index (χ3v) is 4.03. The zero-order chi connectivity index (χ0) is 11.8. The highest BCUT2D eigenvalue weighted by Gasteiger charge is 2.42. The predicted molar refractivity (Wildman–Crippen MR) is 64.9 cm³/mol. The quantitative estimate of drug-likeness (QED) is 0.831. The molecule has 90 valence electrons. The number of ketones is 1. The molecule has 17 heavy (non-hydrogen) atoms. The van der Waals surface area contributed by atoms with Crippen LogP contribution in [0.15, 0.2) is 24.3 Å². The Morgan fingerprint density at radius 3 is 2.65 bits per heavy atom. The Labute approximate surface area is 101 Å². The first-order chi connectivity index (χ1) is 8.22. The molecule has 3 rings (SSSR count). The van der Waals surface area contributed by atoms with Crippen LogP contribution in [0.1, 0.15) is 24.8 Å². The molecule has 0 spiro atoms. The summed E-state index contributed by atoms with van der Waals surface area (Å²) in [5, 5.41) is 12.7. The van der Waals surface area contributed by atoms with Gasteiger partial charge in [-0.15, -0.1) is 0 Å². The summed E-state index contributed by atoms with van der Waals surface area (Å²) in [7, 11) is 0. The molecule has 1 aromatic carbocycles. The van der Waals surface area contributed by atoms with Crippen molar-refractivity contribution in [3.8, 4) is 5.75 Å². The summed E-state index contributed by atoms with van der Waals surface area (Å²) >= 11 is 0. The van der Waals surface area contributed by atoms with E-state index in [9.17, 15) is 9.90 Å². The minimum Gasteiger partial charge on any atom is -0.508 e. The van der Waals surface area contributed by atoms with Crippen LogP contribution in [0.25, 0.3) is 0 Å². The van der Waals surface area contributed by atoms with Crippen LogP contribution in [0.5, 0.6) is 5.75 Å². The molecule has 2 aliphatic heterocycles. The highest BCUT2D eigenvalue weighted by molar-refractivity contribution is 5.84. The predicted octanol–water partition coefficient (Wildman–Crippen LogP) is 1.64. The molecule has 2 N–H and O–H groups in total. The van der Waals surface area contributed by atoms with Crippen LogP contribution in [-0.4, -0.2) is 23.0 Å². The highest BCUT2D eigenvalue weighted by atomic mass is 16.3. The highest BCUT2D eigenvalue weighted by Crippen LogP contribution is 2.34. The zero-order valence-electron chi connectivity index (χ0n) is 9.73.